The summed E-state index contributed by atoms with van der Waals surface area (Å²) in [7, 11) is 0. The van der Waals surface area contributed by atoms with E-state index < -0.39 is 11.7 Å². The van der Waals surface area contributed by atoms with E-state index in [0.29, 0.717) is 12.6 Å². The zero-order chi connectivity index (χ0) is 13.7. The third kappa shape index (κ3) is 4.42. The van der Waals surface area contributed by atoms with Crippen LogP contribution < -0.4 is 10.1 Å². The fraction of sp³-hybridized carbons (Fsp3) is 0.571. The molecular weight excluding hydrogens is 255 g/mol. The fourth-order valence-electron chi connectivity index (χ4n) is 2.25. The van der Waals surface area contributed by atoms with Crippen LogP contribution in [0.3, 0.4) is 0 Å². The monoisotopic (exact) mass is 273 g/mol. The number of alkyl halides is 3. The molecule has 1 aliphatic heterocycles. The Kier molecular flexibility index (Phi) is 4.69. The first-order valence-electron chi connectivity index (χ1n) is 6.59. The molecule has 0 bridgehead atoms. The van der Waals surface area contributed by atoms with E-state index in [1.54, 1.807) is 6.07 Å². The second kappa shape index (κ2) is 6.28. The molecular formula is C14H18F3NO. The third-order valence-electron chi connectivity index (χ3n) is 3.31. The van der Waals surface area contributed by atoms with Crippen LogP contribution in [0.1, 0.15) is 31.2 Å². The van der Waals surface area contributed by atoms with E-state index in [2.05, 4.69) is 5.32 Å². The average molecular weight is 273 g/mol. The van der Waals surface area contributed by atoms with Gasteiger partial charge in [0.15, 0.2) is 0 Å². The molecule has 0 saturated carbocycles. The molecule has 19 heavy (non-hydrogen) atoms. The molecule has 1 saturated heterocycles. The summed E-state index contributed by atoms with van der Waals surface area (Å²) in [4.78, 5) is 0. The predicted molar refractivity (Wildman–Crippen MR) is 67.2 cm³/mol. The third-order valence-corrected chi connectivity index (χ3v) is 3.31. The first-order chi connectivity index (χ1) is 9.05. The Hall–Kier alpha value is -1.23. The zero-order valence-electron chi connectivity index (χ0n) is 10.7. The molecule has 1 heterocycles. The van der Waals surface area contributed by atoms with E-state index >= 15 is 0 Å². The number of ether oxygens (including phenoxy) is 1. The summed E-state index contributed by atoms with van der Waals surface area (Å²) >= 11 is 0. The molecule has 1 aromatic carbocycles. The number of halogens is 3. The van der Waals surface area contributed by atoms with Crippen molar-refractivity contribution < 1.29 is 17.9 Å². The van der Waals surface area contributed by atoms with Gasteiger partial charge in [0, 0.05) is 6.04 Å². The molecule has 0 spiro atoms. The lowest BCUT2D eigenvalue weighted by atomic mass is 10.0. The van der Waals surface area contributed by atoms with E-state index in [1.807, 2.05) is 0 Å². The number of rotatable bonds is 4. The average Bonchev–Trinajstić information content (AvgIpc) is 2.39. The van der Waals surface area contributed by atoms with Gasteiger partial charge in [-0.25, -0.2) is 0 Å². The van der Waals surface area contributed by atoms with Crippen LogP contribution in [0.15, 0.2) is 24.3 Å². The standard InChI is InChI=1S/C14H18F3NO/c15-14(16,17)11-4-3-6-13(10-11)19-9-7-12-5-1-2-8-18-12/h3-4,6,10,12,18H,1-2,5,7-9H2/t12-/m1/s1. The Morgan fingerprint density at radius 2 is 2.11 bits per heavy atom. The second-order valence-corrected chi connectivity index (χ2v) is 4.81. The van der Waals surface area contributed by atoms with Crippen LogP contribution in [0, 0.1) is 0 Å². The topological polar surface area (TPSA) is 21.3 Å². The molecule has 0 unspecified atom stereocenters. The predicted octanol–water partition coefficient (Wildman–Crippen LogP) is 3.62. The van der Waals surface area contributed by atoms with Crippen LogP contribution in [-0.2, 0) is 6.18 Å². The van der Waals surface area contributed by atoms with Gasteiger partial charge in [-0.1, -0.05) is 12.5 Å². The minimum atomic E-state index is -4.32. The lowest BCUT2D eigenvalue weighted by molar-refractivity contribution is -0.137. The van der Waals surface area contributed by atoms with Crippen LogP contribution in [0.5, 0.6) is 5.75 Å². The number of nitrogens with one attached hydrogen (secondary N) is 1. The first-order valence-corrected chi connectivity index (χ1v) is 6.59. The fourth-order valence-corrected chi connectivity index (χ4v) is 2.25. The maximum absolute atomic E-state index is 12.5. The van der Waals surface area contributed by atoms with Gasteiger partial charge in [-0.15, -0.1) is 0 Å². The molecule has 0 amide bonds. The molecule has 0 aromatic heterocycles. The molecule has 1 aliphatic rings. The minimum Gasteiger partial charge on any atom is -0.494 e. The molecule has 2 nitrogen and oxygen atoms in total. The van der Waals surface area contributed by atoms with Crippen LogP contribution >= 0.6 is 0 Å². The highest BCUT2D eigenvalue weighted by Crippen LogP contribution is 2.31. The molecule has 1 aromatic rings. The lowest BCUT2D eigenvalue weighted by Crippen LogP contribution is -2.35. The molecule has 5 heteroatoms. The molecule has 1 fully saturated rings. The first kappa shape index (κ1) is 14.2. The van der Waals surface area contributed by atoms with Gasteiger partial charge in [0.2, 0.25) is 0 Å². The number of hydrogen-bond acceptors (Lipinski definition) is 2. The molecule has 0 aliphatic carbocycles. The highest BCUT2D eigenvalue weighted by atomic mass is 19.4. The van der Waals surface area contributed by atoms with Crippen LogP contribution in [0.2, 0.25) is 0 Å². The van der Waals surface area contributed by atoms with Gasteiger partial charge >= 0.3 is 6.18 Å². The van der Waals surface area contributed by atoms with Crippen molar-refractivity contribution in [2.24, 2.45) is 0 Å². The van der Waals surface area contributed by atoms with E-state index in [-0.39, 0.29) is 5.75 Å². The van der Waals surface area contributed by atoms with E-state index in [1.165, 1.54) is 18.9 Å². The number of piperidine rings is 1. The maximum atomic E-state index is 12.5. The quantitative estimate of drug-likeness (QED) is 0.904. The van der Waals surface area contributed by atoms with Gasteiger partial charge in [-0.3, -0.25) is 0 Å². The van der Waals surface area contributed by atoms with Gasteiger partial charge in [-0.2, -0.15) is 13.2 Å². The molecule has 106 valence electrons. The van der Waals surface area contributed by atoms with Crippen LogP contribution in [0.25, 0.3) is 0 Å². The highest BCUT2D eigenvalue weighted by Gasteiger charge is 2.30. The maximum Gasteiger partial charge on any atom is 0.416 e. The van der Waals surface area contributed by atoms with Gasteiger partial charge in [0.25, 0.3) is 0 Å². The van der Waals surface area contributed by atoms with E-state index in [9.17, 15) is 13.2 Å². The van der Waals surface area contributed by atoms with Gasteiger partial charge in [0.1, 0.15) is 5.75 Å². The van der Waals surface area contributed by atoms with E-state index in [4.69, 9.17) is 4.74 Å². The van der Waals surface area contributed by atoms with Crippen molar-refractivity contribution in [1.29, 1.82) is 0 Å². The molecule has 0 radical (unpaired) electrons. The number of benzene rings is 1. The summed E-state index contributed by atoms with van der Waals surface area (Å²) in [6, 6.07) is 5.46. The van der Waals surface area contributed by atoms with Gasteiger partial charge in [0.05, 0.1) is 12.2 Å². The molecule has 1 N–H and O–H groups in total. The molecule has 2 rings (SSSR count). The van der Waals surface area contributed by atoms with Crippen LogP contribution in [0.4, 0.5) is 13.2 Å². The summed E-state index contributed by atoms with van der Waals surface area (Å²) in [5, 5.41) is 3.38. The van der Waals surface area contributed by atoms with Gasteiger partial charge < -0.3 is 10.1 Å². The van der Waals surface area contributed by atoms with Crippen molar-refractivity contribution in [3.05, 3.63) is 29.8 Å². The Morgan fingerprint density at radius 1 is 1.26 bits per heavy atom. The highest BCUT2D eigenvalue weighted by molar-refractivity contribution is 5.30. The summed E-state index contributed by atoms with van der Waals surface area (Å²) < 4.78 is 43.0. The Balaban J connectivity index is 1.82. The van der Waals surface area contributed by atoms with Crippen molar-refractivity contribution in [3.8, 4) is 5.75 Å². The second-order valence-electron chi connectivity index (χ2n) is 4.81. The van der Waals surface area contributed by atoms with Crippen molar-refractivity contribution in [2.75, 3.05) is 13.2 Å². The lowest BCUT2D eigenvalue weighted by Gasteiger charge is -2.23. The van der Waals surface area contributed by atoms with Crippen molar-refractivity contribution in [2.45, 2.75) is 37.9 Å². The normalized spacial score (nSPS) is 20.3. The minimum absolute atomic E-state index is 0.283. The SMILES string of the molecule is FC(F)(F)c1cccc(OCC[C@H]2CCCCN2)c1. The van der Waals surface area contributed by atoms with Gasteiger partial charge in [-0.05, 0) is 44.0 Å². The van der Waals surface area contributed by atoms with Crippen molar-refractivity contribution in [1.82, 2.24) is 5.32 Å². The summed E-state index contributed by atoms with van der Waals surface area (Å²) in [6.45, 7) is 1.47. The summed E-state index contributed by atoms with van der Waals surface area (Å²) in [5.74, 6) is 0.283. The summed E-state index contributed by atoms with van der Waals surface area (Å²) in [6.07, 6.45) is 0.0404. The Bertz CT molecular complexity index is 400. The van der Waals surface area contributed by atoms with Crippen molar-refractivity contribution in [3.63, 3.8) is 0 Å². The Labute approximate surface area is 111 Å². The molecule has 1 atom stereocenters. The summed E-state index contributed by atoms with van der Waals surface area (Å²) in [5.41, 5.74) is -0.666. The van der Waals surface area contributed by atoms with Crippen LogP contribution in [-0.4, -0.2) is 19.2 Å². The smallest absolute Gasteiger partial charge is 0.416 e. The zero-order valence-corrected chi connectivity index (χ0v) is 10.7. The number of hydrogen-bond donors (Lipinski definition) is 1. The van der Waals surface area contributed by atoms with E-state index in [0.717, 1.165) is 31.5 Å². The largest absolute Gasteiger partial charge is 0.494 e. The van der Waals surface area contributed by atoms with Crippen molar-refractivity contribution >= 4 is 0 Å². The Morgan fingerprint density at radius 3 is 2.79 bits per heavy atom.